The first kappa shape index (κ1) is 13.8. The van der Waals surface area contributed by atoms with Gasteiger partial charge in [-0.15, -0.1) is 0 Å². The number of anilines is 1. The van der Waals surface area contributed by atoms with E-state index in [2.05, 4.69) is 5.32 Å². The SMILES string of the molecule is CCCn1cc(NCC(C)(C)CO)ccc1=O. The van der Waals surface area contributed by atoms with Crippen LogP contribution in [0.1, 0.15) is 27.2 Å². The molecule has 1 rings (SSSR count). The Balaban J connectivity index is 2.72. The summed E-state index contributed by atoms with van der Waals surface area (Å²) in [6.07, 6.45) is 2.77. The van der Waals surface area contributed by atoms with Crippen LogP contribution in [-0.4, -0.2) is 22.8 Å². The summed E-state index contributed by atoms with van der Waals surface area (Å²) in [5.41, 5.74) is 0.782. The highest BCUT2D eigenvalue weighted by Gasteiger charge is 2.15. The van der Waals surface area contributed by atoms with Gasteiger partial charge in [0.25, 0.3) is 5.56 Å². The standard InChI is InChI=1S/C13H22N2O2/c1-4-7-15-8-11(5-6-12(15)17)14-9-13(2,3)10-16/h5-6,8,14,16H,4,7,9-10H2,1-3H3. The minimum Gasteiger partial charge on any atom is -0.396 e. The molecule has 4 nitrogen and oxygen atoms in total. The maximum atomic E-state index is 11.5. The zero-order chi connectivity index (χ0) is 12.9. The molecular weight excluding hydrogens is 216 g/mol. The molecule has 96 valence electrons. The van der Waals surface area contributed by atoms with E-state index in [9.17, 15) is 4.79 Å². The van der Waals surface area contributed by atoms with Gasteiger partial charge in [0.05, 0.1) is 5.69 Å². The Hall–Kier alpha value is -1.29. The number of aromatic nitrogens is 1. The molecule has 0 spiro atoms. The third-order valence-corrected chi connectivity index (χ3v) is 2.65. The smallest absolute Gasteiger partial charge is 0.250 e. The monoisotopic (exact) mass is 238 g/mol. The number of nitrogens with one attached hydrogen (secondary N) is 1. The van der Waals surface area contributed by atoms with Crippen molar-refractivity contribution in [3.63, 3.8) is 0 Å². The van der Waals surface area contributed by atoms with Gasteiger partial charge in [0, 0.05) is 37.4 Å². The molecule has 0 unspecified atom stereocenters. The molecule has 0 fully saturated rings. The summed E-state index contributed by atoms with van der Waals surface area (Å²) in [5.74, 6) is 0. The van der Waals surface area contributed by atoms with Gasteiger partial charge in [0.15, 0.2) is 0 Å². The van der Waals surface area contributed by atoms with Crippen LogP contribution in [0.3, 0.4) is 0 Å². The summed E-state index contributed by atoms with van der Waals surface area (Å²) < 4.78 is 1.70. The molecule has 17 heavy (non-hydrogen) atoms. The molecule has 0 atom stereocenters. The molecule has 0 saturated heterocycles. The highest BCUT2D eigenvalue weighted by molar-refractivity contribution is 5.40. The molecular formula is C13H22N2O2. The van der Waals surface area contributed by atoms with Crippen molar-refractivity contribution >= 4 is 5.69 Å². The molecule has 0 bridgehead atoms. The van der Waals surface area contributed by atoms with E-state index in [4.69, 9.17) is 5.11 Å². The van der Waals surface area contributed by atoms with E-state index in [1.165, 1.54) is 0 Å². The molecule has 0 radical (unpaired) electrons. The van der Waals surface area contributed by atoms with Gasteiger partial charge in [-0.3, -0.25) is 4.79 Å². The second kappa shape index (κ2) is 5.87. The van der Waals surface area contributed by atoms with Crippen molar-refractivity contribution in [3.05, 3.63) is 28.7 Å². The average Bonchev–Trinajstić information content (AvgIpc) is 2.31. The molecule has 0 aromatic carbocycles. The quantitative estimate of drug-likeness (QED) is 0.793. The number of hydrogen-bond acceptors (Lipinski definition) is 3. The number of hydrogen-bond donors (Lipinski definition) is 2. The highest BCUT2D eigenvalue weighted by atomic mass is 16.3. The molecule has 1 aromatic rings. The molecule has 0 amide bonds. The van der Waals surface area contributed by atoms with Crippen LogP contribution < -0.4 is 10.9 Å². The van der Waals surface area contributed by atoms with Crippen LogP contribution in [0.25, 0.3) is 0 Å². The fraction of sp³-hybridized carbons (Fsp3) is 0.615. The van der Waals surface area contributed by atoms with Gasteiger partial charge in [-0.2, -0.15) is 0 Å². The molecule has 1 aromatic heterocycles. The molecule has 0 aliphatic heterocycles. The molecule has 1 heterocycles. The van der Waals surface area contributed by atoms with Gasteiger partial charge < -0.3 is 15.0 Å². The topological polar surface area (TPSA) is 54.3 Å². The fourth-order valence-electron chi connectivity index (χ4n) is 1.45. The van der Waals surface area contributed by atoms with Crippen LogP contribution >= 0.6 is 0 Å². The number of aliphatic hydroxyl groups is 1. The molecule has 4 heteroatoms. The van der Waals surface area contributed by atoms with Crippen LogP contribution in [0.15, 0.2) is 23.1 Å². The van der Waals surface area contributed by atoms with Crippen LogP contribution in [-0.2, 0) is 6.54 Å². The van der Waals surface area contributed by atoms with E-state index in [1.54, 1.807) is 16.7 Å². The third kappa shape index (κ3) is 4.23. The maximum Gasteiger partial charge on any atom is 0.250 e. The zero-order valence-corrected chi connectivity index (χ0v) is 10.9. The Labute approximate surface area is 102 Å². The molecule has 0 aliphatic rings. The Morgan fingerprint density at radius 1 is 1.41 bits per heavy atom. The lowest BCUT2D eigenvalue weighted by molar-refractivity contribution is 0.171. The normalized spacial score (nSPS) is 11.5. The lowest BCUT2D eigenvalue weighted by Crippen LogP contribution is -2.27. The van der Waals surface area contributed by atoms with E-state index >= 15 is 0 Å². The number of rotatable bonds is 6. The van der Waals surface area contributed by atoms with Gasteiger partial charge in [0.2, 0.25) is 0 Å². The number of nitrogens with zero attached hydrogens (tertiary/aromatic N) is 1. The molecule has 0 saturated carbocycles. The van der Waals surface area contributed by atoms with Gasteiger partial charge in [0.1, 0.15) is 0 Å². The summed E-state index contributed by atoms with van der Waals surface area (Å²) in [4.78, 5) is 11.5. The van der Waals surface area contributed by atoms with Crippen LogP contribution in [0, 0.1) is 5.41 Å². The van der Waals surface area contributed by atoms with Gasteiger partial charge >= 0.3 is 0 Å². The van der Waals surface area contributed by atoms with Crippen LogP contribution in [0.4, 0.5) is 5.69 Å². The van der Waals surface area contributed by atoms with Crippen molar-refractivity contribution < 1.29 is 5.11 Å². The summed E-state index contributed by atoms with van der Waals surface area (Å²) in [6, 6.07) is 3.35. The maximum absolute atomic E-state index is 11.5. The minimum atomic E-state index is -0.161. The number of pyridine rings is 1. The van der Waals surface area contributed by atoms with Crippen molar-refractivity contribution in [2.45, 2.75) is 33.7 Å². The molecule has 2 N–H and O–H groups in total. The van der Waals surface area contributed by atoms with Crippen LogP contribution in [0.2, 0.25) is 0 Å². The first-order chi connectivity index (χ1) is 7.98. The first-order valence-corrected chi connectivity index (χ1v) is 6.04. The van der Waals surface area contributed by atoms with E-state index < -0.39 is 0 Å². The van der Waals surface area contributed by atoms with E-state index in [0.29, 0.717) is 6.54 Å². The lowest BCUT2D eigenvalue weighted by Gasteiger charge is -2.22. The Bertz CT molecular complexity index is 410. The average molecular weight is 238 g/mol. The summed E-state index contributed by atoms with van der Waals surface area (Å²) >= 11 is 0. The van der Waals surface area contributed by atoms with Crippen LogP contribution in [0.5, 0.6) is 0 Å². The third-order valence-electron chi connectivity index (χ3n) is 2.65. The van der Waals surface area contributed by atoms with Gasteiger partial charge in [-0.25, -0.2) is 0 Å². The zero-order valence-electron chi connectivity index (χ0n) is 10.9. The van der Waals surface area contributed by atoms with E-state index in [-0.39, 0.29) is 17.6 Å². The van der Waals surface area contributed by atoms with E-state index in [1.807, 2.05) is 27.0 Å². The van der Waals surface area contributed by atoms with Crippen molar-refractivity contribution in [1.29, 1.82) is 0 Å². The van der Waals surface area contributed by atoms with Gasteiger partial charge in [-0.05, 0) is 12.5 Å². The van der Waals surface area contributed by atoms with Crippen molar-refractivity contribution in [2.24, 2.45) is 5.41 Å². The largest absolute Gasteiger partial charge is 0.396 e. The number of aryl methyl sites for hydroxylation is 1. The predicted molar refractivity (Wildman–Crippen MR) is 70.3 cm³/mol. The fourth-order valence-corrected chi connectivity index (χ4v) is 1.45. The second-order valence-electron chi connectivity index (χ2n) is 5.13. The Morgan fingerprint density at radius 2 is 2.12 bits per heavy atom. The predicted octanol–water partition coefficient (Wildman–Crippen LogP) is 1.69. The minimum absolute atomic E-state index is 0.0267. The van der Waals surface area contributed by atoms with E-state index in [0.717, 1.165) is 18.7 Å². The number of aliphatic hydroxyl groups excluding tert-OH is 1. The van der Waals surface area contributed by atoms with Crippen molar-refractivity contribution in [1.82, 2.24) is 4.57 Å². The Morgan fingerprint density at radius 3 is 2.71 bits per heavy atom. The highest BCUT2D eigenvalue weighted by Crippen LogP contribution is 2.15. The lowest BCUT2D eigenvalue weighted by atomic mass is 9.95. The second-order valence-corrected chi connectivity index (χ2v) is 5.13. The summed E-state index contributed by atoms with van der Waals surface area (Å²) in [7, 11) is 0. The Kier molecular flexibility index (Phi) is 4.75. The molecule has 0 aliphatic carbocycles. The first-order valence-electron chi connectivity index (χ1n) is 6.04. The van der Waals surface area contributed by atoms with Crippen molar-refractivity contribution in [2.75, 3.05) is 18.5 Å². The van der Waals surface area contributed by atoms with Crippen molar-refractivity contribution in [3.8, 4) is 0 Å². The summed E-state index contributed by atoms with van der Waals surface area (Å²) in [5, 5.41) is 12.4. The van der Waals surface area contributed by atoms with Gasteiger partial charge in [-0.1, -0.05) is 20.8 Å². The summed E-state index contributed by atoms with van der Waals surface area (Å²) in [6.45, 7) is 7.56.